The lowest BCUT2D eigenvalue weighted by atomic mass is 10.1. The van der Waals surface area contributed by atoms with E-state index in [2.05, 4.69) is 10.0 Å². The van der Waals surface area contributed by atoms with E-state index in [-0.39, 0.29) is 15.5 Å². The quantitative estimate of drug-likeness (QED) is 0.669. The number of carbonyl (C=O) groups excluding carboxylic acids is 1. The molecule has 0 fully saturated rings. The van der Waals surface area contributed by atoms with Crippen LogP contribution in [0.15, 0.2) is 58.3 Å². The molecule has 0 saturated carbocycles. The van der Waals surface area contributed by atoms with E-state index in [1.54, 1.807) is 20.8 Å². The molecule has 7 nitrogen and oxygen atoms in total. The Morgan fingerprint density at radius 2 is 1.52 bits per heavy atom. The largest absolute Gasteiger partial charge is 0.324 e. The number of nitrogens with one attached hydrogen (secondary N) is 2. The van der Waals surface area contributed by atoms with E-state index in [1.807, 2.05) is 0 Å². The van der Waals surface area contributed by atoms with Gasteiger partial charge in [0.25, 0.3) is 0 Å². The van der Waals surface area contributed by atoms with Crippen LogP contribution in [0.1, 0.15) is 27.7 Å². The van der Waals surface area contributed by atoms with Gasteiger partial charge in [-0.2, -0.15) is 0 Å². The first-order valence-corrected chi connectivity index (χ1v) is 11.7. The van der Waals surface area contributed by atoms with Crippen LogP contribution < -0.4 is 10.0 Å². The summed E-state index contributed by atoms with van der Waals surface area (Å²) in [6.07, 6.45) is 0. The van der Waals surface area contributed by atoms with E-state index in [4.69, 9.17) is 0 Å². The molecule has 1 atom stereocenters. The molecule has 0 heterocycles. The summed E-state index contributed by atoms with van der Waals surface area (Å²) in [5.74, 6) is -1.51. The van der Waals surface area contributed by atoms with E-state index >= 15 is 0 Å². The van der Waals surface area contributed by atoms with Gasteiger partial charge in [0.1, 0.15) is 16.0 Å². The van der Waals surface area contributed by atoms with Crippen molar-refractivity contribution in [2.75, 3.05) is 5.32 Å². The molecule has 0 aliphatic rings. The Labute approximate surface area is 170 Å². The van der Waals surface area contributed by atoms with Gasteiger partial charge < -0.3 is 5.32 Å². The monoisotopic (exact) mass is 442 g/mol. The number of hydrogen-bond donors (Lipinski definition) is 2. The van der Waals surface area contributed by atoms with Gasteiger partial charge in [-0.25, -0.2) is 25.9 Å². The lowest BCUT2D eigenvalue weighted by Crippen LogP contribution is -2.41. The van der Waals surface area contributed by atoms with Gasteiger partial charge in [-0.1, -0.05) is 12.1 Å². The maximum absolute atomic E-state index is 13.1. The van der Waals surface area contributed by atoms with Crippen molar-refractivity contribution in [3.8, 4) is 0 Å². The minimum absolute atomic E-state index is 0.0459. The molecule has 2 N–H and O–H groups in total. The fourth-order valence-electron chi connectivity index (χ4n) is 2.47. The van der Waals surface area contributed by atoms with Gasteiger partial charge in [-0.3, -0.25) is 4.79 Å². The second kappa shape index (κ2) is 8.21. The summed E-state index contributed by atoms with van der Waals surface area (Å²) in [6, 6.07) is 9.79. The second-order valence-electron chi connectivity index (χ2n) is 7.48. The third-order valence-electron chi connectivity index (χ3n) is 3.85. The normalized spacial score (nSPS) is 13.7. The van der Waals surface area contributed by atoms with Crippen LogP contribution in [0.2, 0.25) is 0 Å². The molecule has 29 heavy (non-hydrogen) atoms. The average Bonchev–Trinajstić information content (AvgIpc) is 2.59. The lowest BCUT2D eigenvalue weighted by Gasteiger charge is -2.22. The first-order chi connectivity index (χ1) is 13.2. The molecule has 2 aromatic carbocycles. The maximum atomic E-state index is 13.1. The summed E-state index contributed by atoms with van der Waals surface area (Å²) in [7, 11) is -8.06. The van der Waals surface area contributed by atoms with Gasteiger partial charge >= 0.3 is 0 Å². The average molecular weight is 443 g/mol. The molecule has 0 aliphatic carbocycles. The van der Waals surface area contributed by atoms with Crippen molar-refractivity contribution in [3.05, 3.63) is 54.3 Å². The highest BCUT2D eigenvalue weighted by atomic mass is 32.2. The summed E-state index contributed by atoms with van der Waals surface area (Å²) in [4.78, 5) is 12.2. The van der Waals surface area contributed by atoms with E-state index in [0.29, 0.717) is 0 Å². The highest BCUT2D eigenvalue weighted by molar-refractivity contribution is 7.92. The van der Waals surface area contributed by atoms with E-state index in [9.17, 15) is 26.0 Å². The predicted molar refractivity (Wildman–Crippen MR) is 108 cm³/mol. The van der Waals surface area contributed by atoms with Crippen molar-refractivity contribution >= 4 is 31.5 Å². The highest BCUT2D eigenvalue weighted by Gasteiger charge is 2.31. The number of para-hydroxylation sites is 1. The third kappa shape index (κ3) is 5.62. The zero-order valence-corrected chi connectivity index (χ0v) is 18.1. The van der Waals surface area contributed by atoms with Crippen LogP contribution in [0.25, 0.3) is 0 Å². The van der Waals surface area contributed by atoms with E-state index in [1.165, 1.54) is 31.2 Å². The Hall–Kier alpha value is -2.30. The molecular weight excluding hydrogens is 419 g/mol. The van der Waals surface area contributed by atoms with Crippen molar-refractivity contribution in [3.63, 3.8) is 0 Å². The Morgan fingerprint density at radius 1 is 0.966 bits per heavy atom. The van der Waals surface area contributed by atoms with Gasteiger partial charge in [-0.05, 0) is 64.1 Å². The van der Waals surface area contributed by atoms with Crippen LogP contribution in [0.3, 0.4) is 0 Å². The molecule has 1 unspecified atom stereocenters. The zero-order valence-electron chi connectivity index (χ0n) is 16.4. The predicted octanol–water partition coefficient (Wildman–Crippen LogP) is 2.70. The molecular formula is C19H23FN2O5S2. The number of benzene rings is 2. The van der Waals surface area contributed by atoms with E-state index in [0.717, 1.165) is 24.3 Å². The topological polar surface area (TPSA) is 109 Å². The first kappa shape index (κ1) is 23.0. The molecule has 1 amide bonds. The highest BCUT2D eigenvalue weighted by Crippen LogP contribution is 2.24. The van der Waals surface area contributed by atoms with Crippen LogP contribution in [0, 0.1) is 5.82 Å². The van der Waals surface area contributed by atoms with Crippen LogP contribution >= 0.6 is 0 Å². The minimum Gasteiger partial charge on any atom is -0.324 e. The number of hydrogen-bond acceptors (Lipinski definition) is 5. The number of sulfone groups is 1. The van der Waals surface area contributed by atoms with Crippen LogP contribution in [-0.4, -0.2) is 33.5 Å². The second-order valence-corrected chi connectivity index (χ2v) is 11.4. The Kier molecular flexibility index (Phi) is 6.51. The number of anilines is 1. The summed E-state index contributed by atoms with van der Waals surface area (Å²) in [5, 5.41) is 0.850. The summed E-state index contributed by atoms with van der Waals surface area (Å²) >= 11 is 0. The zero-order chi connectivity index (χ0) is 22.0. The lowest BCUT2D eigenvalue weighted by molar-refractivity contribution is -0.115. The van der Waals surface area contributed by atoms with Crippen molar-refractivity contribution in [2.45, 2.75) is 48.3 Å². The first-order valence-electron chi connectivity index (χ1n) is 8.67. The van der Waals surface area contributed by atoms with Gasteiger partial charge in [0, 0.05) is 5.54 Å². The Morgan fingerprint density at radius 3 is 2.07 bits per heavy atom. The summed E-state index contributed by atoms with van der Waals surface area (Å²) in [5.41, 5.74) is -0.801. The molecule has 2 rings (SSSR count). The molecule has 0 aliphatic heterocycles. The van der Waals surface area contributed by atoms with Crippen LogP contribution in [0.4, 0.5) is 10.1 Å². The molecule has 0 bridgehead atoms. The number of sulfonamides is 1. The molecule has 0 spiro atoms. The number of carbonyl (C=O) groups is 1. The van der Waals surface area contributed by atoms with Gasteiger partial charge in [0.15, 0.2) is 9.84 Å². The molecule has 0 radical (unpaired) electrons. The van der Waals surface area contributed by atoms with Crippen molar-refractivity contribution in [1.29, 1.82) is 0 Å². The number of amides is 1. The van der Waals surface area contributed by atoms with Crippen LogP contribution in [0.5, 0.6) is 0 Å². The fraction of sp³-hybridized carbons (Fsp3) is 0.316. The Bertz CT molecular complexity index is 1110. The minimum atomic E-state index is -4.10. The van der Waals surface area contributed by atoms with Gasteiger partial charge in [0.2, 0.25) is 15.9 Å². The summed E-state index contributed by atoms with van der Waals surface area (Å²) < 4.78 is 66.1. The summed E-state index contributed by atoms with van der Waals surface area (Å²) in [6.45, 7) is 6.19. The maximum Gasteiger partial charge on any atom is 0.243 e. The van der Waals surface area contributed by atoms with Crippen molar-refractivity contribution in [2.24, 2.45) is 0 Å². The van der Waals surface area contributed by atoms with Gasteiger partial charge in [-0.15, -0.1) is 0 Å². The number of halogens is 1. The molecule has 0 aromatic heterocycles. The standard InChI is InChI=1S/C19H23FN2O5S2/c1-13(28(24,25)15-11-9-14(20)10-12-15)18(23)21-16-7-5-6-8-17(16)29(26,27)22-19(2,3)4/h5-13,22H,1-4H3,(H,21,23). The fourth-order valence-corrected chi connectivity index (χ4v) is 5.31. The van der Waals surface area contributed by atoms with Crippen molar-refractivity contribution < 1.29 is 26.0 Å². The smallest absolute Gasteiger partial charge is 0.243 e. The molecule has 158 valence electrons. The number of rotatable bonds is 6. The van der Waals surface area contributed by atoms with Gasteiger partial charge in [0.05, 0.1) is 10.6 Å². The van der Waals surface area contributed by atoms with Crippen LogP contribution in [-0.2, 0) is 24.7 Å². The third-order valence-corrected chi connectivity index (χ3v) is 7.74. The SMILES string of the molecule is CC(C(=O)Nc1ccccc1S(=O)(=O)NC(C)(C)C)S(=O)(=O)c1ccc(F)cc1. The van der Waals surface area contributed by atoms with Crippen molar-refractivity contribution in [1.82, 2.24) is 4.72 Å². The molecule has 2 aromatic rings. The van der Waals surface area contributed by atoms with E-state index < -0.39 is 42.4 Å². The molecule has 10 heteroatoms. The Balaban J connectivity index is 2.33. The molecule has 0 saturated heterocycles.